The van der Waals surface area contributed by atoms with Crippen LogP contribution in [-0.2, 0) is 29.6 Å². The molecule has 2 heterocycles. The molecule has 2 amide bonds. The number of rotatable bonds is 7. The van der Waals surface area contributed by atoms with Crippen LogP contribution >= 0.6 is 0 Å². The molecule has 0 radical (unpaired) electrons. The van der Waals surface area contributed by atoms with Crippen LogP contribution in [0.2, 0.25) is 0 Å². The molecule has 10 nitrogen and oxygen atoms in total. The number of sulfonamides is 2. The van der Waals surface area contributed by atoms with Crippen molar-refractivity contribution >= 4 is 31.9 Å². The molecule has 0 spiro atoms. The summed E-state index contributed by atoms with van der Waals surface area (Å²) in [5, 5.41) is 0. The van der Waals surface area contributed by atoms with Crippen LogP contribution in [0.5, 0.6) is 0 Å². The quantitative estimate of drug-likeness (QED) is 0.527. The lowest BCUT2D eigenvalue weighted by Crippen LogP contribution is -2.51. The van der Waals surface area contributed by atoms with Crippen molar-refractivity contribution in [2.75, 3.05) is 58.1 Å². The first-order valence-corrected chi connectivity index (χ1v) is 13.8. The maximum atomic E-state index is 12.7. The highest BCUT2D eigenvalue weighted by molar-refractivity contribution is 7.89. The summed E-state index contributed by atoms with van der Waals surface area (Å²) in [6.07, 6.45) is 0.111. The Hall–Kier alpha value is -2.02. The molecule has 0 bridgehead atoms. The predicted octanol–water partition coefficient (Wildman–Crippen LogP) is -0.206. The third-order valence-electron chi connectivity index (χ3n) is 5.87. The van der Waals surface area contributed by atoms with E-state index in [1.165, 1.54) is 8.61 Å². The second-order valence-corrected chi connectivity index (χ2v) is 12.0. The zero-order valence-electron chi connectivity index (χ0n) is 18.2. The molecule has 3 rings (SSSR count). The minimum absolute atomic E-state index is 0.0371. The molecule has 0 aromatic heterocycles. The minimum Gasteiger partial charge on any atom is -0.340 e. The Morgan fingerprint density at radius 1 is 0.719 bits per heavy atom. The molecule has 2 aliphatic heterocycles. The lowest BCUT2D eigenvalue weighted by molar-refractivity contribution is -0.138. The van der Waals surface area contributed by atoms with Gasteiger partial charge in [-0.3, -0.25) is 9.59 Å². The highest BCUT2D eigenvalue weighted by atomic mass is 32.2. The Morgan fingerprint density at radius 3 is 1.59 bits per heavy atom. The zero-order chi connectivity index (χ0) is 23.4. The number of carbonyl (C=O) groups is 2. The first-order valence-electron chi connectivity index (χ1n) is 10.7. The van der Waals surface area contributed by atoms with Crippen LogP contribution in [0.1, 0.15) is 19.8 Å². The summed E-state index contributed by atoms with van der Waals surface area (Å²) in [5.74, 6) is -0.311. The number of hydrogen-bond acceptors (Lipinski definition) is 6. The highest BCUT2D eigenvalue weighted by Gasteiger charge is 2.31. The molecule has 178 valence electrons. The summed E-state index contributed by atoms with van der Waals surface area (Å²) < 4.78 is 52.0. The van der Waals surface area contributed by atoms with Gasteiger partial charge in [0.15, 0.2) is 0 Å². The Bertz CT molecular complexity index is 1010. The summed E-state index contributed by atoms with van der Waals surface area (Å²) in [7, 11) is -6.84. The number of amides is 2. The standard InChI is InChI=1S/C20H30N4O6S2/c1-2-31(27,28)23-14-10-21(11-15-23)19(25)8-9-20(26)22-12-16-24(17-13-22)32(29,30)18-6-4-3-5-7-18/h3-7H,2,8-17H2,1H3. The van der Waals surface area contributed by atoms with Gasteiger partial charge in [-0.25, -0.2) is 16.8 Å². The Morgan fingerprint density at radius 2 is 1.16 bits per heavy atom. The molecule has 2 aliphatic rings. The van der Waals surface area contributed by atoms with Gasteiger partial charge in [-0.1, -0.05) is 18.2 Å². The summed E-state index contributed by atoms with van der Waals surface area (Å²) in [6.45, 7) is 3.77. The normalized spacial score (nSPS) is 19.2. The SMILES string of the molecule is CCS(=O)(=O)N1CCN(C(=O)CCC(=O)N2CCN(S(=O)(=O)c3ccccc3)CC2)CC1. The molecule has 1 aromatic rings. The fraction of sp³-hybridized carbons (Fsp3) is 0.600. The molecule has 32 heavy (non-hydrogen) atoms. The van der Waals surface area contributed by atoms with E-state index in [-0.39, 0.29) is 74.6 Å². The third-order valence-corrected chi connectivity index (χ3v) is 9.67. The molecule has 2 saturated heterocycles. The largest absolute Gasteiger partial charge is 0.340 e. The highest BCUT2D eigenvalue weighted by Crippen LogP contribution is 2.18. The van der Waals surface area contributed by atoms with E-state index >= 15 is 0 Å². The lowest BCUT2D eigenvalue weighted by atomic mass is 10.2. The molecule has 1 aromatic carbocycles. The molecule has 0 atom stereocenters. The average molecular weight is 487 g/mol. The smallest absolute Gasteiger partial charge is 0.243 e. The van der Waals surface area contributed by atoms with Gasteiger partial charge in [0.2, 0.25) is 31.9 Å². The van der Waals surface area contributed by atoms with Crippen molar-refractivity contribution in [2.24, 2.45) is 0 Å². The summed E-state index contributed by atoms with van der Waals surface area (Å²) in [4.78, 5) is 28.4. The van der Waals surface area contributed by atoms with E-state index in [0.717, 1.165) is 0 Å². The minimum atomic E-state index is -3.58. The van der Waals surface area contributed by atoms with Crippen LogP contribution in [0.4, 0.5) is 0 Å². The molecular weight excluding hydrogens is 456 g/mol. The van der Waals surface area contributed by atoms with Crippen molar-refractivity contribution in [3.8, 4) is 0 Å². The summed E-state index contributed by atoms with van der Waals surface area (Å²) >= 11 is 0. The number of benzene rings is 1. The van der Waals surface area contributed by atoms with Crippen molar-refractivity contribution in [1.29, 1.82) is 0 Å². The molecule has 0 N–H and O–H groups in total. The topological polar surface area (TPSA) is 115 Å². The van der Waals surface area contributed by atoms with Crippen LogP contribution in [0.25, 0.3) is 0 Å². The van der Waals surface area contributed by atoms with Gasteiger partial charge in [0.25, 0.3) is 0 Å². The van der Waals surface area contributed by atoms with Gasteiger partial charge in [0, 0.05) is 65.2 Å². The van der Waals surface area contributed by atoms with Crippen LogP contribution in [0, 0.1) is 0 Å². The van der Waals surface area contributed by atoms with E-state index in [2.05, 4.69) is 0 Å². The second kappa shape index (κ2) is 10.3. The Kier molecular flexibility index (Phi) is 7.91. The van der Waals surface area contributed by atoms with E-state index in [4.69, 9.17) is 0 Å². The van der Waals surface area contributed by atoms with Crippen LogP contribution in [0.3, 0.4) is 0 Å². The molecule has 12 heteroatoms. The van der Waals surface area contributed by atoms with Crippen LogP contribution < -0.4 is 0 Å². The van der Waals surface area contributed by atoms with Crippen molar-refractivity contribution in [3.63, 3.8) is 0 Å². The van der Waals surface area contributed by atoms with E-state index in [1.807, 2.05) is 0 Å². The molecule has 0 unspecified atom stereocenters. The number of hydrogen-bond donors (Lipinski definition) is 0. The molecule has 0 saturated carbocycles. The first-order chi connectivity index (χ1) is 15.1. The second-order valence-electron chi connectivity index (χ2n) is 7.78. The Balaban J connectivity index is 1.43. The first kappa shape index (κ1) is 24.6. The zero-order valence-corrected chi connectivity index (χ0v) is 19.9. The van der Waals surface area contributed by atoms with Crippen molar-refractivity contribution in [2.45, 2.75) is 24.7 Å². The van der Waals surface area contributed by atoms with Gasteiger partial charge in [0.1, 0.15) is 0 Å². The van der Waals surface area contributed by atoms with Gasteiger partial charge in [-0.15, -0.1) is 0 Å². The van der Waals surface area contributed by atoms with E-state index in [1.54, 1.807) is 47.1 Å². The lowest BCUT2D eigenvalue weighted by Gasteiger charge is -2.35. The van der Waals surface area contributed by atoms with Gasteiger partial charge in [-0.2, -0.15) is 8.61 Å². The van der Waals surface area contributed by atoms with Crippen LogP contribution in [0.15, 0.2) is 35.2 Å². The summed E-state index contributed by atoms with van der Waals surface area (Å²) in [6, 6.07) is 8.20. The Labute approximate surface area is 189 Å². The van der Waals surface area contributed by atoms with Gasteiger partial charge in [-0.05, 0) is 19.1 Å². The number of piperazine rings is 2. The number of nitrogens with zero attached hydrogens (tertiary/aromatic N) is 4. The average Bonchev–Trinajstić information content (AvgIpc) is 2.83. The van der Waals surface area contributed by atoms with Crippen molar-refractivity contribution in [3.05, 3.63) is 30.3 Å². The fourth-order valence-electron chi connectivity index (χ4n) is 3.85. The number of carbonyl (C=O) groups excluding carboxylic acids is 2. The molecule has 2 fully saturated rings. The third kappa shape index (κ3) is 5.66. The van der Waals surface area contributed by atoms with E-state index < -0.39 is 20.0 Å². The van der Waals surface area contributed by atoms with Crippen LogP contribution in [-0.4, -0.2) is 105 Å². The van der Waals surface area contributed by atoms with E-state index in [9.17, 15) is 26.4 Å². The van der Waals surface area contributed by atoms with Gasteiger partial charge < -0.3 is 9.80 Å². The van der Waals surface area contributed by atoms with Crippen molar-refractivity contribution in [1.82, 2.24) is 18.4 Å². The van der Waals surface area contributed by atoms with Gasteiger partial charge >= 0.3 is 0 Å². The molecule has 0 aliphatic carbocycles. The van der Waals surface area contributed by atoms with E-state index in [0.29, 0.717) is 13.1 Å². The van der Waals surface area contributed by atoms with Crippen molar-refractivity contribution < 1.29 is 26.4 Å². The monoisotopic (exact) mass is 486 g/mol. The van der Waals surface area contributed by atoms with Gasteiger partial charge in [0.05, 0.1) is 10.6 Å². The maximum absolute atomic E-state index is 12.7. The predicted molar refractivity (Wildman–Crippen MR) is 119 cm³/mol. The summed E-state index contributed by atoms with van der Waals surface area (Å²) in [5.41, 5.74) is 0. The fourth-order valence-corrected chi connectivity index (χ4v) is 6.38. The molecular formula is C20H30N4O6S2. The maximum Gasteiger partial charge on any atom is 0.243 e.